The van der Waals surface area contributed by atoms with Crippen molar-refractivity contribution in [2.75, 3.05) is 26.4 Å². The van der Waals surface area contributed by atoms with Crippen molar-refractivity contribution >= 4 is 11.9 Å². The van der Waals surface area contributed by atoms with Gasteiger partial charge in [-0.3, -0.25) is 4.79 Å². The summed E-state index contributed by atoms with van der Waals surface area (Å²) in [6, 6.07) is -0.884. The first-order valence-electron chi connectivity index (χ1n) is 7.29. The summed E-state index contributed by atoms with van der Waals surface area (Å²) < 4.78 is 10.8. The number of hydrogen-bond donors (Lipinski definition) is 1. The highest BCUT2D eigenvalue weighted by Gasteiger charge is 2.33. The molecule has 1 heterocycles. The van der Waals surface area contributed by atoms with E-state index in [0.29, 0.717) is 19.1 Å². The van der Waals surface area contributed by atoms with Gasteiger partial charge in [-0.05, 0) is 18.8 Å². The Morgan fingerprint density at radius 3 is 2.90 bits per heavy atom. The van der Waals surface area contributed by atoms with Gasteiger partial charge in [-0.25, -0.2) is 4.79 Å². The maximum absolute atomic E-state index is 12.1. The number of carboxylic acids is 1. The highest BCUT2D eigenvalue weighted by molar-refractivity contribution is 5.84. The van der Waals surface area contributed by atoms with E-state index in [0.717, 1.165) is 19.3 Å². The summed E-state index contributed by atoms with van der Waals surface area (Å²) in [5.74, 6) is -0.637. The fourth-order valence-electron chi connectivity index (χ4n) is 2.91. The van der Waals surface area contributed by atoms with Crippen molar-refractivity contribution in [3.8, 4) is 0 Å². The predicted molar refractivity (Wildman–Crippen MR) is 71.3 cm³/mol. The Bertz CT molecular complexity index is 359. The number of aliphatic carboxylic acids is 1. The molecule has 0 unspecified atom stereocenters. The quantitative estimate of drug-likeness (QED) is 0.830. The van der Waals surface area contributed by atoms with Crippen molar-refractivity contribution in [1.82, 2.24) is 4.90 Å². The molecule has 1 saturated heterocycles. The Hall–Kier alpha value is -1.14. The van der Waals surface area contributed by atoms with Gasteiger partial charge in [-0.1, -0.05) is 19.8 Å². The van der Waals surface area contributed by atoms with Crippen molar-refractivity contribution in [3.05, 3.63) is 0 Å². The van der Waals surface area contributed by atoms with Crippen LogP contribution in [-0.2, 0) is 19.1 Å². The molecule has 0 bridgehead atoms. The lowest BCUT2D eigenvalue weighted by Crippen LogP contribution is -2.53. The monoisotopic (exact) mass is 285 g/mol. The number of carbonyl (C=O) groups excluding carboxylic acids is 1. The molecule has 114 valence electrons. The van der Waals surface area contributed by atoms with E-state index in [9.17, 15) is 9.59 Å². The summed E-state index contributed by atoms with van der Waals surface area (Å²) in [6.45, 7) is 2.93. The van der Waals surface area contributed by atoms with Gasteiger partial charge < -0.3 is 19.5 Å². The second-order valence-electron chi connectivity index (χ2n) is 5.72. The SMILES string of the molecule is C[C@@H]1CCC[C@@H](OCC(=O)N2CCOC[C@@H]2C(=O)O)C1. The van der Waals surface area contributed by atoms with Crippen LogP contribution in [0.15, 0.2) is 0 Å². The van der Waals surface area contributed by atoms with Crippen LogP contribution in [-0.4, -0.2) is 60.4 Å². The number of amides is 1. The van der Waals surface area contributed by atoms with E-state index < -0.39 is 12.0 Å². The molecule has 6 nitrogen and oxygen atoms in total. The smallest absolute Gasteiger partial charge is 0.328 e. The minimum Gasteiger partial charge on any atom is -0.480 e. The van der Waals surface area contributed by atoms with Gasteiger partial charge in [0.2, 0.25) is 5.91 Å². The van der Waals surface area contributed by atoms with Gasteiger partial charge in [0.05, 0.1) is 19.3 Å². The van der Waals surface area contributed by atoms with Crippen molar-refractivity contribution in [2.24, 2.45) is 5.92 Å². The molecule has 0 radical (unpaired) electrons. The first kappa shape index (κ1) is 15.3. The minimum atomic E-state index is -1.02. The lowest BCUT2D eigenvalue weighted by Gasteiger charge is -2.33. The average Bonchev–Trinajstić information content (AvgIpc) is 2.45. The number of rotatable bonds is 4. The Kier molecular flexibility index (Phi) is 5.37. The van der Waals surface area contributed by atoms with E-state index in [1.165, 1.54) is 11.3 Å². The summed E-state index contributed by atoms with van der Waals surface area (Å²) in [4.78, 5) is 24.6. The molecule has 2 aliphatic rings. The number of ether oxygens (including phenoxy) is 2. The highest BCUT2D eigenvalue weighted by atomic mass is 16.5. The zero-order valence-corrected chi connectivity index (χ0v) is 11.9. The van der Waals surface area contributed by atoms with Crippen LogP contribution in [0, 0.1) is 5.92 Å². The molecule has 2 fully saturated rings. The molecule has 20 heavy (non-hydrogen) atoms. The summed E-state index contributed by atoms with van der Waals surface area (Å²) in [6.07, 6.45) is 4.46. The third-order valence-corrected chi connectivity index (χ3v) is 4.06. The Morgan fingerprint density at radius 2 is 2.20 bits per heavy atom. The molecule has 2 rings (SSSR count). The molecule has 0 spiro atoms. The maximum Gasteiger partial charge on any atom is 0.328 e. The van der Waals surface area contributed by atoms with E-state index >= 15 is 0 Å². The van der Waals surface area contributed by atoms with Gasteiger partial charge in [0.1, 0.15) is 6.61 Å². The van der Waals surface area contributed by atoms with E-state index in [1.54, 1.807) is 0 Å². The van der Waals surface area contributed by atoms with Crippen LogP contribution < -0.4 is 0 Å². The topological polar surface area (TPSA) is 76.1 Å². The molecule has 0 aromatic carbocycles. The fourth-order valence-corrected chi connectivity index (χ4v) is 2.91. The summed E-state index contributed by atoms with van der Waals surface area (Å²) >= 11 is 0. The van der Waals surface area contributed by atoms with Crippen LogP contribution in [0.2, 0.25) is 0 Å². The minimum absolute atomic E-state index is 0.0266. The number of hydrogen-bond acceptors (Lipinski definition) is 4. The van der Waals surface area contributed by atoms with Crippen LogP contribution in [0.3, 0.4) is 0 Å². The zero-order valence-electron chi connectivity index (χ0n) is 11.9. The largest absolute Gasteiger partial charge is 0.480 e. The average molecular weight is 285 g/mol. The normalized spacial score (nSPS) is 31.1. The maximum atomic E-state index is 12.1. The summed E-state index contributed by atoms with van der Waals surface area (Å²) in [7, 11) is 0. The van der Waals surface area contributed by atoms with Gasteiger partial charge in [0.15, 0.2) is 6.04 Å². The van der Waals surface area contributed by atoms with Gasteiger partial charge >= 0.3 is 5.97 Å². The van der Waals surface area contributed by atoms with Crippen molar-refractivity contribution in [1.29, 1.82) is 0 Å². The number of carbonyl (C=O) groups is 2. The van der Waals surface area contributed by atoms with Crippen LogP contribution in [0.5, 0.6) is 0 Å². The molecule has 0 aromatic rings. The van der Waals surface area contributed by atoms with E-state index in [2.05, 4.69) is 6.92 Å². The lowest BCUT2D eigenvalue weighted by atomic mass is 9.89. The van der Waals surface area contributed by atoms with Crippen molar-refractivity contribution < 1.29 is 24.2 Å². The van der Waals surface area contributed by atoms with E-state index in [-0.39, 0.29) is 25.2 Å². The molecule has 1 amide bonds. The predicted octanol–water partition coefficient (Wildman–Crippen LogP) is 0.894. The Morgan fingerprint density at radius 1 is 1.40 bits per heavy atom. The molecule has 1 aliphatic carbocycles. The first-order valence-corrected chi connectivity index (χ1v) is 7.29. The summed E-state index contributed by atoms with van der Waals surface area (Å²) in [5, 5.41) is 9.09. The highest BCUT2D eigenvalue weighted by Crippen LogP contribution is 2.25. The van der Waals surface area contributed by atoms with Crippen LogP contribution >= 0.6 is 0 Å². The Balaban J connectivity index is 1.82. The molecule has 6 heteroatoms. The molecule has 3 atom stereocenters. The van der Waals surface area contributed by atoms with E-state index in [1.807, 2.05) is 0 Å². The van der Waals surface area contributed by atoms with Crippen LogP contribution in [0.4, 0.5) is 0 Å². The molecular weight excluding hydrogens is 262 g/mol. The van der Waals surface area contributed by atoms with Crippen LogP contribution in [0.1, 0.15) is 32.6 Å². The van der Waals surface area contributed by atoms with Crippen LogP contribution in [0.25, 0.3) is 0 Å². The van der Waals surface area contributed by atoms with Gasteiger partial charge in [-0.2, -0.15) is 0 Å². The molecule has 0 aromatic heterocycles. The first-order chi connectivity index (χ1) is 9.58. The van der Waals surface area contributed by atoms with E-state index in [4.69, 9.17) is 14.6 Å². The number of nitrogens with zero attached hydrogens (tertiary/aromatic N) is 1. The third-order valence-electron chi connectivity index (χ3n) is 4.06. The fraction of sp³-hybridized carbons (Fsp3) is 0.857. The van der Waals surface area contributed by atoms with Gasteiger partial charge in [0.25, 0.3) is 0 Å². The summed E-state index contributed by atoms with van der Waals surface area (Å²) in [5.41, 5.74) is 0. The molecular formula is C14H23NO5. The van der Waals surface area contributed by atoms with Gasteiger partial charge in [-0.15, -0.1) is 0 Å². The molecule has 1 aliphatic heterocycles. The third kappa shape index (κ3) is 3.93. The van der Waals surface area contributed by atoms with Crippen molar-refractivity contribution in [2.45, 2.75) is 44.8 Å². The second-order valence-corrected chi connectivity index (χ2v) is 5.72. The Labute approximate surface area is 119 Å². The standard InChI is InChI=1S/C14H23NO5/c1-10-3-2-4-11(7-10)20-9-13(16)15-5-6-19-8-12(15)14(17)18/h10-12H,2-9H2,1H3,(H,17,18)/t10-,11-,12-/m1/s1. The zero-order chi connectivity index (χ0) is 14.5. The molecule has 1 N–H and O–H groups in total. The second kappa shape index (κ2) is 7.04. The number of carboxylic acid groups (broad SMARTS) is 1. The number of morpholine rings is 1. The van der Waals surface area contributed by atoms with Gasteiger partial charge in [0, 0.05) is 6.54 Å². The molecule has 1 saturated carbocycles. The lowest BCUT2D eigenvalue weighted by molar-refractivity contribution is -0.161. The van der Waals surface area contributed by atoms with Crippen molar-refractivity contribution in [3.63, 3.8) is 0 Å².